The van der Waals surface area contributed by atoms with Gasteiger partial charge in [-0.15, -0.1) is 0 Å². The number of rotatable bonds is 7. The van der Waals surface area contributed by atoms with E-state index < -0.39 is 0 Å². The van der Waals surface area contributed by atoms with Gasteiger partial charge in [-0.2, -0.15) is 0 Å². The molecule has 2 saturated heterocycles. The van der Waals surface area contributed by atoms with Gasteiger partial charge in [0.05, 0.1) is 6.54 Å². The van der Waals surface area contributed by atoms with Crippen LogP contribution in [0.2, 0.25) is 0 Å². The van der Waals surface area contributed by atoms with Crippen LogP contribution in [0, 0.1) is 5.92 Å². The fraction of sp³-hybridized carbons (Fsp3) is 0.875. The van der Waals surface area contributed by atoms with Crippen molar-refractivity contribution in [3.63, 3.8) is 0 Å². The van der Waals surface area contributed by atoms with Gasteiger partial charge in [0.2, 0.25) is 11.8 Å². The summed E-state index contributed by atoms with van der Waals surface area (Å²) in [5.41, 5.74) is 0. The fourth-order valence-corrected chi connectivity index (χ4v) is 3.24. The Labute approximate surface area is 133 Å². The van der Waals surface area contributed by atoms with Gasteiger partial charge in [0.25, 0.3) is 0 Å². The van der Waals surface area contributed by atoms with Gasteiger partial charge in [-0.25, -0.2) is 0 Å². The third-order valence-electron chi connectivity index (χ3n) is 4.57. The molecule has 126 valence electrons. The monoisotopic (exact) mass is 311 g/mol. The first-order valence-electron chi connectivity index (χ1n) is 8.47. The molecule has 0 radical (unpaired) electrons. The quantitative estimate of drug-likeness (QED) is 0.695. The molecule has 0 bridgehead atoms. The molecule has 0 aromatic carbocycles. The second-order valence-corrected chi connectivity index (χ2v) is 6.28. The van der Waals surface area contributed by atoms with E-state index in [9.17, 15) is 9.59 Å². The molecule has 2 heterocycles. The summed E-state index contributed by atoms with van der Waals surface area (Å²) < 4.78 is 4.95. The smallest absolute Gasteiger partial charge is 0.234 e. The number of methoxy groups -OCH3 is 1. The highest BCUT2D eigenvalue weighted by atomic mass is 16.5. The highest BCUT2D eigenvalue weighted by molar-refractivity contribution is 5.79. The summed E-state index contributed by atoms with van der Waals surface area (Å²) in [6.07, 6.45) is 4.90. The van der Waals surface area contributed by atoms with Crippen molar-refractivity contribution in [1.82, 2.24) is 15.1 Å². The number of carbonyl (C=O) groups is 2. The van der Waals surface area contributed by atoms with Gasteiger partial charge in [0.15, 0.2) is 0 Å². The van der Waals surface area contributed by atoms with Crippen LogP contribution in [0.1, 0.15) is 32.1 Å². The predicted molar refractivity (Wildman–Crippen MR) is 84.5 cm³/mol. The maximum atomic E-state index is 12.3. The summed E-state index contributed by atoms with van der Waals surface area (Å²) in [7, 11) is 1.66. The zero-order valence-electron chi connectivity index (χ0n) is 13.7. The van der Waals surface area contributed by atoms with Crippen molar-refractivity contribution in [2.24, 2.45) is 5.92 Å². The highest BCUT2D eigenvalue weighted by Gasteiger charge is 2.30. The maximum absolute atomic E-state index is 12.3. The van der Waals surface area contributed by atoms with Crippen molar-refractivity contribution in [1.29, 1.82) is 0 Å². The lowest BCUT2D eigenvalue weighted by atomic mass is 9.95. The van der Waals surface area contributed by atoms with E-state index in [2.05, 4.69) is 10.2 Å². The largest absolute Gasteiger partial charge is 0.385 e. The average Bonchev–Trinajstić information content (AvgIpc) is 3.06. The van der Waals surface area contributed by atoms with E-state index in [0.29, 0.717) is 25.6 Å². The zero-order valence-corrected chi connectivity index (χ0v) is 13.7. The Morgan fingerprint density at radius 1 is 1.14 bits per heavy atom. The van der Waals surface area contributed by atoms with E-state index in [1.54, 1.807) is 7.11 Å². The standard InChI is InChI=1S/C16H29N3O3/c1-22-12-4-7-17-15(20)13-18-10-5-14(6-11-18)16(21)19-8-2-3-9-19/h14H,2-13H2,1H3,(H,17,20). The molecule has 6 nitrogen and oxygen atoms in total. The van der Waals surface area contributed by atoms with E-state index in [0.717, 1.165) is 58.3 Å². The molecule has 0 aromatic rings. The number of likely N-dealkylation sites (tertiary alicyclic amines) is 2. The molecule has 6 heteroatoms. The van der Waals surface area contributed by atoms with Crippen LogP contribution < -0.4 is 5.32 Å². The molecule has 0 spiro atoms. The average molecular weight is 311 g/mol. The van der Waals surface area contributed by atoms with E-state index in [-0.39, 0.29) is 11.8 Å². The molecule has 0 aliphatic carbocycles. The van der Waals surface area contributed by atoms with E-state index >= 15 is 0 Å². The maximum Gasteiger partial charge on any atom is 0.234 e. The molecule has 22 heavy (non-hydrogen) atoms. The summed E-state index contributed by atoms with van der Waals surface area (Å²) in [4.78, 5) is 28.3. The summed E-state index contributed by atoms with van der Waals surface area (Å²) in [5.74, 6) is 0.570. The third-order valence-corrected chi connectivity index (χ3v) is 4.57. The number of hydrogen-bond donors (Lipinski definition) is 1. The lowest BCUT2D eigenvalue weighted by molar-refractivity contribution is -0.136. The van der Waals surface area contributed by atoms with Crippen molar-refractivity contribution < 1.29 is 14.3 Å². The first kappa shape index (κ1) is 17.2. The number of piperidine rings is 1. The molecule has 1 N–H and O–H groups in total. The van der Waals surface area contributed by atoms with Crippen molar-refractivity contribution in [2.75, 3.05) is 53.0 Å². The Bertz CT molecular complexity index is 362. The number of hydrogen-bond acceptors (Lipinski definition) is 4. The van der Waals surface area contributed by atoms with Gasteiger partial charge >= 0.3 is 0 Å². The molecule has 2 amide bonds. The fourth-order valence-electron chi connectivity index (χ4n) is 3.24. The topological polar surface area (TPSA) is 61.9 Å². The second kappa shape index (κ2) is 9.10. The normalized spacial score (nSPS) is 20.3. The SMILES string of the molecule is COCCCNC(=O)CN1CCC(C(=O)N2CCCC2)CC1. The molecule has 2 fully saturated rings. The Hall–Kier alpha value is -1.14. The Kier molecular flexibility index (Phi) is 7.12. The van der Waals surface area contributed by atoms with Gasteiger partial charge < -0.3 is 15.0 Å². The number of carbonyl (C=O) groups excluding carboxylic acids is 2. The predicted octanol–water partition coefficient (Wildman–Crippen LogP) is 0.474. The first-order chi connectivity index (χ1) is 10.7. The van der Waals surface area contributed by atoms with E-state index in [1.165, 1.54) is 0 Å². The van der Waals surface area contributed by atoms with Crippen LogP contribution in [0.4, 0.5) is 0 Å². The van der Waals surface area contributed by atoms with Crippen LogP contribution in [0.5, 0.6) is 0 Å². The molecule has 2 aliphatic rings. The van der Waals surface area contributed by atoms with Crippen LogP contribution in [0.3, 0.4) is 0 Å². The molecule has 0 saturated carbocycles. The zero-order chi connectivity index (χ0) is 15.8. The van der Waals surface area contributed by atoms with Gasteiger partial charge in [0.1, 0.15) is 0 Å². The summed E-state index contributed by atoms with van der Waals surface area (Å²) in [5, 5.41) is 2.91. The van der Waals surface area contributed by atoms with Gasteiger partial charge in [-0.05, 0) is 45.2 Å². The molecule has 0 aromatic heterocycles. The molecular formula is C16H29N3O3. The lowest BCUT2D eigenvalue weighted by Gasteiger charge is -2.32. The van der Waals surface area contributed by atoms with E-state index in [4.69, 9.17) is 4.74 Å². The summed E-state index contributed by atoms with van der Waals surface area (Å²) in [6, 6.07) is 0. The molecule has 2 aliphatic heterocycles. The molecular weight excluding hydrogens is 282 g/mol. The van der Waals surface area contributed by atoms with E-state index in [1.807, 2.05) is 4.90 Å². The summed E-state index contributed by atoms with van der Waals surface area (Å²) >= 11 is 0. The van der Waals surface area contributed by atoms with Crippen molar-refractivity contribution in [2.45, 2.75) is 32.1 Å². The minimum atomic E-state index is 0.0698. The molecule has 0 atom stereocenters. The molecule has 2 rings (SSSR count). The minimum absolute atomic E-state index is 0.0698. The number of ether oxygens (including phenoxy) is 1. The van der Waals surface area contributed by atoms with Crippen molar-refractivity contribution >= 4 is 11.8 Å². The molecule has 0 unspecified atom stereocenters. The number of nitrogens with zero attached hydrogens (tertiary/aromatic N) is 2. The lowest BCUT2D eigenvalue weighted by Crippen LogP contribution is -2.45. The van der Waals surface area contributed by atoms with Gasteiger partial charge in [-0.3, -0.25) is 14.5 Å². The van der Waals surface area contributed by atoms with Crippen LogP contribution in [-0.2, 0) is 14.3 Å². The van der Waals surface area contributed by atoms with Gasteiger partial charge in [0, 0.05) is 39.3 Å². The highest BCUT2D eigenvalue weighted by Crippen LogP contribution is 2.21. The van der Waals surface area contributed by atoms with Crippen LogP contribution in [-0.4, -0.2) is 74.6 Å². The third kappa shape index (κ3) is 5.25. The van der Waals surface area contributed by atoms with Crippen molar-refractivity contribution in [3.8, 4) is 0 Å². The Balaban J connectivity index is 1.62. The van der Waals surface area contributed by atoms with Crippen molar-refractivity contribution in [3.05, 3.63) is 0 Å². The second-order valence-electron chi connectivity index (χ2n) is 6.28. The van der Waals surface area contributed by atoms with Gasteiger partial charge in [-0.1, -0.05) is 0 Å². The minimum Gasteiger partial charge on any atom is -0.385 e. The summed E-state index contributed by atoms with van der Waals surface area (Å²) in [6.45, 7) is 5.33. The van der Waals surface area contributed by atoms with Crippen LogP contribution in [0.15, 0.2) is 0 Å². The Morgan fingerprint density at radius 2 is 1.82 bits per heavy atom. The first-order valence-corrected chi connectivity index (χ1v) is 8.47. The van der Waals surface area contributed by atoms with Crippen LogP contribution in [0.25, 0.3) is 0 Å². The number of amides is 2. The Morgan fingerprint density at radius 3 is 2.45 bits per heavy atom. The number of nitrogens with one attached hydrogen (secondary N) is 1. The van der Waals surface area contributed by atoms with Crippen LogP contribution >= 0.6 is 0 Å².